The fourth-order valence-corrected chi connectivity index (χ4v) is 1.53. The van der Waals surface area contributed by atoms with Crippen molar-refractivity contribution >= 4 is 23.6 Å². The lowest BCUT2D eigenvalue weighted by molar-refractivity contribution is -0.131. The molecule has 19 heavy (non-hydrogen) atoms. The number of amides is 1. The monoisotopic (exact) mass is 263 g/mol. The van der Waals surface area contributed by atoms with Gasteiger partial charge in [0, 0.05) is 12.5 Å². The minimum atomic E-state index is -1.02. The van der Waals surface area contributed by atoms with Crippen molar-refractivity contribution in [2.45, 2.75) is 19.8 Å². The molecule has 1 amide bonds. The Kier molecular flexibility index (Phi) is 5.60. The lowest BCUT2D eigenvalue weighted by atomic mass is 10.1. The van der Waals surface area contributed by atoms with Crippen LogP contribution in [0, 0.1) is 0 Å². The van der Waals surface area contributed by atoms with Gasteiger partial charge in [-0.05, 0) is 30.2 Å². The van der Waals surface area contributed by atoms with Crippen LogP contribution in [-0.4, -0.2) is 24.1 Å². The molecule has 102 valence electrons. The molecule has 0 atom stereocenters. The molecule has 1 rings (SSSR count). The third-order valence-electron chi connectivity index (χ3n) is 2.39. The Hall–Kier alpha value is -2.30. The molecular weight excluding hydrogens is 246 g/mol. The average Bonchev–Trinajstić information content (AvgIpc) is 2.36. The Morgan fingerprint density at radius 1 is 1.42 bits per heavy atom. The highest BCUT2D eigenvalue weighted by Crippen LogP contribution is 2.26. The van der Waals surface area contributed by atoms with Gasteiger partial charge in [0.05, 0.1) is 12.8 Å². The summed E-state index contributed by atoms with van der Waals surface area (Å²) in [7, 11) is 1.51. The normalized spacial score (nSPS) is 10.4. The zero-order valence-corrected chi connectivity index (χ0v) is 11.0. The highest BCUT2D eigenvalue weighted by atomic mass is 16.5. The van der Waals surface area contributed by atoms with E-state index in [9.17, 15) is 9.59 Å². The van der Waals surface area contributed by atoms with Gasteiger partial charge in [0.1, 0.15) is 5.75 Å². The first-order valence-corrected chi connectivity index (χ1v) is 5.95. The minimum absolute atomic E-state index is 0.0971. The largest absolute Gasteiger partial charge is 0.495 e. The van der Waals surface area contributed by atoms with Crippen LogP contribution in [0.5, 0.6) is 5.75 Å². The molecule has 0 radical (unpaired) electrons. The highest BCUT2D eigenvalue weighted by molar-refractivity contribution is 5.93. The van der Waals surface area contributed by atoms with Crippen LogP contribution in [0.4, 0.5) is 5.69 Å². The van der Waals surface area contributed by atoms with Crippen molar-refractivity contribution in [3.63, 3.8) is 0 Å². The third kappa shape index (κ3) is 4.83. The SMILES string of the molecule is CCCC(=O)Nc1cc(C=CC(=O)O)ccc1OC. The van der Waals surface area contributed by atoms with Crippen molar-refractivity contribution in [1.29, 1.82) is 0 Å². The maximum atomic E-state index is 11.6. The van der Waals surface area contributed by atoms with Crippen LogP contribution in [0.25, 0.3) is 6.08 Å². The summed E-state index contributed by atoms with van der Waals surface area (Å²) >= 11 is 0. The molecule has 5 nitrogen and oxygen atoms in total. The number of carboxylic acids is 1. The van der Waals surface area contributed by atoms with Crippen LogP contribution in [0.1, 0.15) is 25.3 Å². The van der Waals surface area contributed by atoms with Gasteiger partial charge in [-0.15, -0.1) is 0 Å². The summed E-state index contributed by atoms with van der Waals surface area (Å²) in [6.07, 6.45) is 3.68. The lowest BCUT2D eigenvalue weighted by Gasteiger charge is -2.10. The molecule has 0 saturated carbocycles. The summed E-state index contributed by atoms with van der Waals surface area (Å²) in [6, 6.07) is 5.07. The third-order valence-corrected chi connectivity index (χ3v) is 2.39. The van der Waals surface area contributed by atoms with E-state index in [-0.39, 0.29) is 5.91 Å². The second-order valence-corrected chi connectivity index (χ2v) is 3.93. The number of nitrogens with one attached hydrogen (secondary N) is 1. The van der Waals surface area contributed by atoms with E-state index in [1.54, 1.807) is 18.2 Å². The van der Waals surface area contributed by atoms with Crippen molar-refractivity contribution < 1.29 is 19.4 Å². The van der Waals surface area contributed by atoms with E-state index in [1.807, 2.05) is 6.92 Å². The molecule has 1 aromatic rings. The molecule has 0 aliphatic rings. The second kappa shape index (κ2) is 7.20. The molecule has 0 fully saturated rings. The number of rotatable bonds is 6. The summed E-state index contributed by atoms with van der Waals surface area (Å²) in [6.45, 7) is 1.92. The van der Waals surface area contributed by atoms with Crippen molar-refractivity contribution in [3.8, 4) is 5.75 Å². The Balaban J connectivity index is 2.95. The molecule has 1 aromatic carbocycles. The van der Waals surface area contributed by atoms with Gasteiger partial charge in [-0.2, -0.15) is 0 Å². The standard InChI is InChI=1S/C14H17NO4/c1-3-4-13(16)15-11-9-10(6-8-14(17)18)5-7-12(11)19-2/h5-9H,3-4H2,1-2H3,(H,15,16)(H,17,18). The molecule has 0 aliphatic heterocycles. The Morgan fingerprint density at radius 3 is 2.74 bits per heavy atom. The van der Waals surface area contributed by atoms with Crippen LogP contribution in [0.15, 0.2) is 24.3 Å². The van der Waals surface area contributed by atoms with Crippen molar-refractivity contribution in [3.05, 3.63) is 29.8 Å². The van der Waals surface area contributed by atoms with Gasteiger partial charge in [0.2, 0.25) is 5.91 Å². The number of benzene rings is 1. The first-order valence-electron chi connectivity index (χ1n) is 5.95. The van der Waals surface area contributed by atoms with E-state index < -0.39 is 5.97 Å². The lowest BCUT2D eigenvalue weighted by Crippen LogP contribution is -2.11. The van der Waals surface area contributed by atoms with Crippen LogP contribution in [0.3, 0.4) is 0 Å². The smallest absolute Gasteiger partial charge is 0.328 e. The number of hydrogen-bond donors (Lipinski definition) is 2. The van der Waals surface area contributed by atoms with E-state index in [0.717, 1.165) is 12.5 Å². The number of methoxy groups -OCH3 is 1. The number of carbonyl (C=O) groups is 2. The molecule has 2 N–H and O–H groups in total. The Bertz CT molecular complexity index is 494. The summed E-state index contributed by atoms with van der Waals surface area (Å²) in [5.74, 6) is -0.579. The van der Waals surface area contributed by atoms with Crippen molar-refractivity contribution in [1.82, 2.24) is 0 Å². The number of anilines is 1. The van der Waals surface area contributed by atoms with Gasteiger partial charge >= 0.3 is 5.97 Å². The summed E-state index contributed by atoms with van der Waals surface area (Å²) in [5.41, 5.74) is 1.21. The second-order valence-electron chi connectivity index (χ2n) is 3.93. The summed E-state index contributed by atoms with van der Waals surface area (Å²) in [5, 5.41) is 11.3. The predicted molar refractivity (Wildman–Crippen MR) is 73.2 cm³/mol. The number of ether oxygens (including phenoxy) is 1. The number of aliphatic carboxylic acids is 1. The van der Waals surface area contributed by atoms with Crippen LogP contribution >= 0.6 is 0 Å². The van der Waals surface area contributed by atoms with Gasteiger partial charge in [0.15, 0.2) is 0 Å². The molecular formula is C14H17NO4. The highest BCUT2D eigenvalue weighted by Gasteiger charge is 2.07. The summed E-state index contributed by atoms with van der Waals surface area (Å²) in [4.78, 5) is 22.0. The van der Waals surface area contributed by atoms with Gasteiger partial charge in [-0.3, -0.25) is 4.79 Å². The van der Waals surface area contributed by atoms with Crippen LogP contribution < -0.4 is 10.1 Å². The van der Waals surface area contributed by atoms with Crippen LogP contribution in [-0.2, 0) is 9.59 Å². The molecule has 0 aromatic heterocycles. The van der Waals surface area contributed by atoms with Gasteiger partial charge in [-0.1, -0.05) is 13.0 Å². The van der Waals surface area contributed by atoms with E-state index in [2.05, 4.69) is 5.32 Å². The summed E-state index contributed by atoms with van der Waals surface area (Å²) < 4.78 is 5.15. The van der Waals surface area contributed by atoms with E-state index in [1.165, 1.54) is 13.2 Å². The zero-order valence-electron chi connectivity index (χ0n) is 11.0. The quantitative estimate of drug-likeness (QED) is 0.773. The molecule has 0 bridgehead atoms. The minimum Gasteiger partial charge on any atom is -0.495 e. The van der Waals surface area contributed by atoms with Gasteiger partial charge in [0.25, 0.3) is 0 Å². The average molecular weight is 263 g/mol. The van der Waals surface area contributed by atoms with Gasteiger partial charge in [-0.25, -0.2) is 4.79 Å². The maximum Gasteiger partial charge on any atom is 0.328 e. The van der Waals surface area contributed by atoms with Crippen molar-refractivity contribution in [2.24, 2.45) is 0 Å². The first-order chi connectivity index (χ1) is 9.06. The van der Waals surface area contributed by atoms with Crippen LogP contribution in [0.2, 0.25) is 0 Å². The Morgan fingerprint density at radius 2 is 2.16 bits per heavy atom. The zero-order chi connectivity index (χ0) is 14.3. The molecule has 5 heteroatoms. The Labute approximate surface area is 111 Å². The van der Waals surface area contributed by atoms with E-state index in [0.29, 0.717) is 23.4 Å². The van der Waals surface area contributed by atoms with Gasteiger partial charge < -0.3 is 15.2 Å². The number of carbonyl (C=O) groups excluding carboxylic acids is 1. The molecule has 0 saturated heterocycles. The number of carboxylic acid groups (broad SMARTS) is 1. The topological polar surface area (TPSA) is 75.6 Å². The molecule has 0 aliphatic carbocycles. The van der Waals surface area contributed by atoms with E-state index >= 15 is 0 Å². The fraction of sp³-hybridized carbons (Fsp3) is 0.286. The van der Waals surface area contributed by atoms with E-state index in [4.69, 9.17) is 9.84 Å². The molecule has 0 heterocycles. The molecule has 0 spiro atoms. The number of hydrogen-bond acceptors (Lipinski definition) is 3. The maximum absolute atomic E-state index is 11.6. The molecule has 0 unspecified atom stereocenters. The predicted octanol–water partition coefficient (Wildman–Crippen LogP) is 2.53. The fourth-order valence-electron chi connectivity index (χ4n) is 1.53. The first kappa shape index (κ1) is 14.8. The van der Waals surface area contributed by atoms with Crippen molar-refractivity contribution in [2.75, 3.05) is 12.4 Å².